The van der Waals surface area contributed by atoms with Crippen LogP contribution in [0.5, 0.6) is 0 Å². The molecule has 0 saturated carbocycles. The molecular formula is C6H7BrNZn-. The molecule has 0 saturated heterocycles. The van der Waals surface area contributed by atoms with Crippen molar-refractivity contribution in [3.8, 4) is 0 Å². The van der Waals surface area contributed by atoms with E-state index < -0.39 is 0 Å². The topological polar surface area (TPSA) is 12.9 Å². The van der Waals surface area contributed by atoms with Gasteiger partial charge in [0.2, 0.25) is 0 Å². The van der Waals surface area contributed by atoms with Crippen LogP contribution in [-0.2, 0) is 19.5 Å². The van der Waals surface area contributed by atoms with Gasteiger partial charge in [-0.15, -0.1) is 17.0 Å². The third-order valence-corrected chi connectivity index (χ3v) is 0.779. The monoisotopic (exact) mass is 236 g/mol. The molecule has 1 rings (SSSR count). The SMILES string of the molecule is Br.Cc1c[c-]ncc1.[Zn]. The van der Waals surface area contributed by atoms with E-state index in [4.69, 9.17) is 0 Å². The molecule has 1 nitrogen and oxygen atoms in total. The van der Waals surface area contributed by atoms with Gasteiger partial charge >= 0.3 is 0 Å². The molecule has 0 bridgehead atoms. The average Bonchev–Trinajstić information content (AvgIpc) is 1.69. The molecule has 0 aliphatic carbocycles. The molecule has 0 unspecified atom stereocenters. The first-order valence-electron chi connectivity index (χ1n) is 2.18. The van der Waals surface area contributed by atoms with E-state index in [1.807, 2.05) is 19.1 Å². The van der Waals surface area contributed by atoms with Crippen molar-refractivity contribution in [1.29, 1.82) is 0 Å². The molecule has 3 heteroatoms. The molecule has 0 atom stereocenters. The standard InChI is InChI=1S/C6H6N.BrH.Zn/c1-6-2-4-7-5-3-6;;/h2-4H,1H3;1H;/q-1;;. The van der Waals surface area contributed by atoms with E-state index >= 15 is 0 Å². The fourth-order valence-electron chi connectivity index (χ4n) is 0.385. The Morgan fingerprint density at radius 2 is 2.22 bits per heavy atom. The summed E-state index contributed by atoms with van der Waals surface area (Å²) in [5.74, 6) is 0. The minimum Gasteiger partial charge on any atom is -0.394 e. The van der Waals surface area contributed by atoms with Crippen LogP contribution in [0.4, 0.5) is 0 Å². The van der Waals surface area contributed by atoms with Gasteiger partial charge in [0.25, 0.3) is 0 Å². The smallest absolute Gasteiger partial charge is 0 e. The van der Waals surface area contributed by atoms with Crippen molar-refractivity contribution in [3.05, 3.63) is 30.1 Å². The predicted octanol–water partition coefficient (Wildman–Crippen LogP) is 1.77. The average molecular weight is 238 g/mol. The van der Waals surface area contributed by atoms with Crippen LogP contribution in [0.2, 0.25) is 0 Å². The molecule has 9 heavy (non-hydrogen) atoms. The summed E-state index contributed by atoms with van der Waals surface area (Å²) in [6.45, 7) is 2.01. The molecular weight excluding hydrogens is 231 g/mol. The molecule has 1 heterocycles. The summed E-state index contributed by atoms with van der Waals surface area (Å²) in [6.07, 6.45) is 4.44. The Bertz CT molecular complexity index is 143. The van der Waals surface area contributed by atoms with Gasteiger partial charge in [-0.05, 0) is 0 Å². The zero-order valence-corrected chi connectivity index (χ0v) is 9.97. The second-order valence-corrected chi connectivity index (χ2v) is 1.46. The molecule has 0 N–H and O–H groups in total. The molecule has 46 valence electrons. The van der Waals surface area contributed by atoms with Crippen LogP contribution in [0.1, 0.15) is 5.56 Å². The molecule has 0 radical (unpaired) electrons. The number of nitrogens with zero attached hydrogens (tertiary/aromatic N) is 1. The van der Waals surface area contributed by atoms with Gasteiger partial charge in [-0.25, -0.2) is 0 Å². The largest absolute Gasteiger partial charge is 0.394 e. The van der Waals surface area contributed by atoms with E-state index in [2.05, 4.69) is 11.2 Å². The quantitative estimate of drug-likeness (QED) is 0.496. The summed E-state index contributed by atoms with van der Waals surface area (Å²) in [5, 5.41) is 0. The molecule has 0 aromatic carbocycles. The zero-order valence-electron chi connectivity index (χ0n) is 5.29. The van der Waals surface area contributed by atoms with Crippen LogP contribution in [0.3, 0.4) is 0 Å². The zero-order chi connectivity index (χ0) is 5.11. The van der Waals surface area contributed by atoms with Crippen LogP contribution >= 0.6 is 17.0 Å². The van der Waals surface area contributed by atoms with E-state index in [0.717, 1.165) is 0 Å². The van der Waals surface area contributed by atoms with Gasteiger partial charge < -0.3 is 4.98 Å². The number of rotatable bonds is 0. The molecule has 0 amide bonds. The van der Waals surface area contributed by atoms with Crippen LogP contribution in [0.15, 0.2) is 18.3 Å². The van der Waals surface area contributed by atoms with Crippen molar-refractivity contribution in [3.63, 3.8) is 0 Å². The summed E-state index contributed by atoms with van der Waals surface area (Å²) in [4.78, 5) is 3.72. The third-order valence-electron chi connectivity index (χ3n) is 0.779. The maximum atomic E-state index is 3.72. The van der Waals surface area contributed by atoms with Crippen molar-refractivity contribution in [1.82, 2.24) is 4.98 Å². The molecule has 0 aliphatic rings. The third kappa shape index (κ3) is 4.74. The van der Waals surface area contributed by atoms with Crippen LogP contribution in [0.25, 0.3) is 0 Å². The van der Waals surface area contributed by atoms with Gasteiger partial charge in [-0.2, -0.15) is 17.7 Å². The first-order valence-corrected chi connectivity index (χ1v) is 2.18. The predicted molar refractivity (Wildman–Crippen MR) is 38.1 cm³/mol. The second kappa shape index (κ2) is 6.37. The maximum Gasteiger partial charge on any atom is 0 e. The van der Waals surface area contributed by atoms with Gasteiger partial charge in [0.05, 0.1) is 0 Å². The number of aryl methyl sites for hydroxylation is 1. The fourth-order valence-corrected chi connectivity index (χ4v) is 0.385. The first kappa shape index (κ1) is 12.0. The first-order chi connectivity index (χ1) is 3.39. The molecule has 0 fully saturated rings. The van der Waals surface area contributed by atoms with Crippen LogP contribution < -0.4 is 0 Å². The Morgan fingerprint density at radius 1 is 1.56 bits per heavy atom. The Kier molecular flexibility index (Phi) is 8.49. The maximum absolute atomic E-state index is 3.72. The Labute approximate surface area is 78.4 Å². The van der Waals surface area contributed by atoms with Crippen molar-refractivity contribution >= 4 is 17.0 Å². The van der Waals surface area contributed by atoms with Gasteiger partial charge in [-0.1, -0.05) is 19.3 Å². The van der Waals surface area contributed by atoms with Gasteiger partial charge in [0.1, 0.15) is 0 Å². The Morgan fingerprint density at radius 3 is 2.44 bits per heavy atom. The molecule has 0 aliphatic heterocycles. The Balaban J connectivity index is 0. The molecule has 0 spiro atoms. The van der Waals surface area contributed by atoms with Crippen molar-refractivity contribution < 1.29 is 19.5 Å². The van der Waals surface area contributed by atoms with Crippen molar-refractivity contribution in [2.75, 3.05) is 0 Å². The van der Waals surface area contributed by atoms with Gasteiger partial charge in [0.15, 0.2) is 0 Å². The van der Waals surface area contributed by atoms with Crippen LogP contribution in [0, 0.1) is 13.1 Å². The van der Waals surface area contributed by atoms with Gasteiger partial charge in [0, 0.05) is 19.5 Å². The van der Waals surface area contributed by atoms with E-state index in [0.29, 0.717) is 0 Å². The number of halogens is 1. The van der Waals surface area contributed by atoms with E-state index in [9.17, 15) is 0 Å². The van der Waals surface area contributed by atoms with E-state index in [1.165, 1.54) is 5.56 Å². The summed E-state index contributed by atoms with van der Waals surface area (Å²) >= 11 is 0. The molecule has 1 aromatic heterocycles. The summed E-state index contributed by atoms with van der Waals surface area (Å²) in [5.41, 5.74) is 1.20. The fraction of sp³-hybridized carbons (Fsp3) is 0.167. The Hall–Kier alpha value is 0.253. The second-order valence-electron chi connectivity index (χ2n) is 1.46. The normalized spacial score (nSPS) is 6.78. The summed E-state index contributed by atoms with van der Waals surface area (Å²) in [7, 11) is 0. The van der Waals surface area contributed by atoms with Crippen molar-refractivity contribution in [2.24, 2.45) is 0 Å². The number of aromatic nitrogens is 1. The van der Waals surface area contributed by atoms with Crippen LogP contribution in [-0.4, -0.2) is 4.98 Å². The minimum absolute atomic E-state index is 0. The van der Waals surface area contributed by atoms with E-state index in [1.54, 1.807) is 6.20 Å². The molecule has 1 aromatic rings. The number of hydrogen-bond acceptors (Lipinski definition) is 1. The number of hydrogen-bond donors (Lipinski definition) is 0. The number of pyridine rings is 1. The summed E-state index contributed by atoms with van der Waals surface area (Å²) < 4.78 is 0. The summed E-state index contributed by atoms with van der Waals surface area (Å²) in [6, 6.07) is 3.79. The minimum atomic E-state index is 0. The van der Waals surface area contributed by atoms with Gasteiger partial charge in [-0.3, -0.25) is 0 Å². The van der Waals surface area contributed by atoms with Crippen molar-refractivity contribution in [2.45, 2.75) is 6.92 Å². The van der Waals surface area contributed by atoms with E-state index in [-0.39, 0.29) is 36.5 Å².